The van der Waals surface area contributed by atoms with Gasteiger partial charge in [-0.1, -0.05) is 24.3 Å². The van der Waals surface area contributed by atoms with Crippen LogP contribution in [-0.4, -0.2) is 17.6 Å². The van der Waals surface area contributed by atoms with E-state index in [9.17, 15) is 22.4 Å². The number of para-hydroxylation sites is 1. The number of nitrogens with one attached hydrogen (secondary N) is 3. The van der Waals surface area contributed by atoms with E-state index in [1.165, 1.54) is 0 Å². The van der Waals surface area contributed by atoms with Crippen LogP contribution in [0.25, 0.3) is 10.9 Å². The highest BCUT2D eigenvalue weighted by molar-refractivity contribution is 5.83. The van der Waals surface area contributed by atoms with Gasteiger partial charge >= 0.3 is 12.2 Å². The molecule has 3 aromatic rings. The monoisotopic (exact) mass is 379 g/mol. The molecule has 8 heteroatoms. The number of H-pyrrole nitrogens is 1. The number of halogens is 4. The number of hydrogen-bond donors (Lipinski definition) is 3. The van der Waals surface area contributed by atoms with Crippen LogP contribution in [0.2, 0.25) is 0 Å². The molecule has 27 heavy (non-hydrogen) atoms. The van der Waals surface area contributed by atoms with E-state index in [0.29, 0.717) is 19.0 Å². The summed E-state index contributed by atoms with van der Waals surface area (Å²) in [4.78, 5) is 15.0. The van der Waals surface area contributed by atoms with Gasteiger partial charge in [0.1, 0.15) is 5.82 Å². The Morgan fingerprint density at radius 2 is 1.81 bits per heavy atom. The van der Waals surface area contributed by atoms with Crippen molar-refractivity contribution in [2.45, 2.75) is 19.1 Å². The maximum absolute atomic E-state index is 13.1. The summed E-state index contributed by atoms with van der Waals surface area (Å²) < 4.78 is 51.9. The quantitative estimate of drug-likeness (QED) is 0.567. The van der Waals surface area contributed by atoms with Crippen molar-refractivity contribution in [3.05, 3.63) is 71.2 Å². The van der Waals surface area contributed by atoms with E-state index in [2.05, 4.69) is 15.6 Å². The highest BCUT2D eigenvalue weighted by atomic mass is 19.4. The lowest BCUT2D eigenvalue weighted by Gasteiger charge is -2.14. The fraction of sp³-hybridized carbons (Fsp3) is 0.211. The molecule has 0 fully saturated rings. The summed E-state index contributed by atoms with van der Waals surface area (Å²) in [6.07, 6.45) is -2.26. The lowest BCUT2D eigenvalue weighted by Crippen LogP contribution is -2.36. The zero-order valence-corrected chi connectivity index (χ0v) is 14.2. The minimum absolute atomic E-state index is 0.198. The molecule has 0 unspecified atom stereocenters. The lowest BCUT2D eigenvalue weighted by molar-refractivity contribution is -0.138. The minimum atomic E-state index is -4.69. The molecule has 1 aromatic heterocycles. The average molecular weight is 379 g/mol. The Kier molecular flexibility index (Phi) is 5.34. The van der Waals surface area contributed by atoms with Crippen molar-refractivity contribution in [1.29, 1.82) is 0 Å². The predicted molar refractivity (Wildman–Crippen MR) is 93.6 cm³/mol. The van der Waals surface area contributed by atoms with E-state index in [4.69, 9.17) is 0 Å². The standard InChI is InChI=1S/C19H17F4N3O/c20-14-6-5-13(16(9-14)19(21,22)23)11-26-18(27)24-8-7-12-10-25-17-4-2-1-3-15(12)17/h1-6,9-10,25H,7-8,11H2,(H2,24,26,27). The van der Waals surface area contributed by atoms with Crippen LogP contribution in [0.1, 0.15) is 16.7 Å². The van der Waals surface area contributed by atoms with Gasteiger partial charge in [-0.3, -0.25) is 0 Å². The number of hydrogen-bond acceptors (Lipinski definition) is 1. The highest BCUT2D eigenvalue weighted by Crippen LogP contribution is 2.32. The summed E-state index contributed by atoms with van der Waals surface area (Å²) in [6.45, 7) is -0.0305. The second kappa shape index (κ2) is 7.69. The lowest BCUT2D eigenvalue weighted by atomic mass is 10.1. The number of amides is 2. The van der Waals surface area contributed by atoms with Gasteiger partial charge in [0.15, 0.2) is 0 Å². The van der Waals surface area contributed by atoms with Crippen LogP contribution in [0.3, 0.4) is 0 Å². The smallest absolute Gasteiger partial charge is 0.361 e. The molecular weight excluding hydrogens is 362 g/mol. The van der Waals surface area contributed by atoms with E-state index < -0.39 is 23.6 Å². The summed E-state index contributed by atoms with van der Waals surface area (Å²) in [6, 6.07) is 9.53. The molecule has 1 heterocycles. The summed E-state index contributed by atoms with van der Waals surface area (Å²) in [5.74, 6) is -0.978. The molecule has 0 aliphatic rings. The average Bonchev–Trinajstić information content (AvgIpc) is 3.03. The Labute approximate surface area is 152 Å². The molecule has 0 saturated carbocycles. The SMILES string of the molecule is O=C(NCCc1c[nH]c2ccccc12)NCc1ccc(F)cc1C(F)(F)F. The fourth-order valence-electron chi connectivity index (χ4n) is 2.85. The number of carbonyl (C=O) groups excluding carboxylic acids is 1. The summed E-state index contributed by atoms with van der Waals surface area (Å²) in [5.41, 5.74) is 0.731. The van der Waals surface area contributed by atoms with Gasteiger partial charge in [-0.25, -0.2) is 9.18 Å². The van der Waals surface area contributed by atoms with Gasteiger partial charge in [-0.2, -0.15) is 13.2 Å². The Balaban J connectivity index is 1.53. The van der Waals surface area contributed by atoms with Crippen LogP contribution >= 0.6 is 0 Å². The van der Waals surface area contributed by atoms with Gasteiger partial charge in [0.25, 0.3) is 0 Å². The van der Waals surface area contributed by atoms with Crippen LogP contribution in [0, 0.1) is 5.82 Å². The van der Waals surface area contributed by atoms with Crippen LogP contribution < -0.4 is 10.6 Å². The molecule has 2 aromatic carbocycles. The van der Waals surface area contributed by atoms with Crippen molar-refractivity contribution in [3.8, 4) is 0 Å². The Hall–Kier alpha value is -3.03. The van der Waals surface area contributed by atoms with E-state index in [0.717, 1.165) is 28.6 Å². The van der Waals surface area contributed by atoms with E-state index in [1.54, 1.807) is 0 Å². The molecule has 4 nitrogen and oxygen atoms in total. The number of aromatic amines is 1. The van der Waals surface area contributed by atoms with Gasteiger partial charge < -0.3 is 15.6 Å². The topological polar surface area (TPSA) is 56.9 Å². The molecule has 0 atom stereocenters. The first-order chi connectivity index (χ1) is 12.8. The van der Waals surface area contributed by atoms with E-state index >= 15 is 0 Å². The zero-order valence-electron chi connectivity index (χ0n) is 14.2. The number of aromatic nitrogens is 1. The number of rotatable bonds is 5. The molecule has 0 aliphatic heterocycles. The molecule has 142 valence electrons. The second-order valence-corrected chi connectivity index (χ2v) is 6.02. The Bertz CT molecular complexity index is 950. The predicted octanol–water partition coefficient (Wildman–Crippen LogP) is 4.37. The largest absolute Gasteiger partial charge is 0.416 e. The molecular formula is C19H17F4N3O. The number of fused-ring (bicyclic) bond motifs is 1. The fourth-order valence-corrected chi connectivity index (χ4v) is 2.85. The molecule has 2 amide bonds. The van der Waals surface area contributed by atoms with Gasteiger partial charge in [-0.05, 0) is 35.7 Å². The normalized spacial score (nSPS) is 11.6. The third-order valence-corrected chi connectivity index (χ3v) is 4.17. The summed E-state index contributed by atoms with van der Waals surface area (Å²) in [7, 11) is 0. The third kappa shape index (κ3) is 4.58. The van der Waals surface area contributed by atoms with Crippen molar-refractivity contribution >= 4 is 16.9 Å². The molecule has 0 saturated heterocycles. The Morgan fingerprint density at radius 1 is 1.04 bits per heavy atom. The number of alkyl halides is 3. The van der Waals surface area contributed by atoms with Gasteiger partial charge in [0, 0.05) is 30.2 Å². The highest BCUT2D eigenvalue weighted by Gasteiger charge is 2.33. The second-order valence-electron chi connectivity index (χ2n) is 6.02. The summed E-state index contributed by atoms with van der Waals surface area (Å²) >= 11 is 0. The van der Waals surface area contributed by atoms with Crippen LogP contribution in [0.15, 0.2) is 48.7 Å². The van der Waals surface area contributed by atoms with Gasteiger partial charge in [0.05, 0.1) is 5.56 Å². The zero-order chi connectivity index (χ0) is 19.4. The van der Waals surface area contributed by atoms with Gasteiger partial charge in [-0.15, -0.1) is 0 Å². The maximum Gasteiger partial charge on any atom is 0.416 e. The number of urea groups is 1. The first-order valence-electron chi connectivity index (χ1n) is 8.27. The summed E-state index contributed by atoms with van der Waals surface area (Å²) in [5, 5.41) is 6.03. The van der Waals surface area contributed by atoms with Crippen molar-refractivity contribution in [2.24, 2.45) is 0 Å². The first-order valence-corrected chi connectivity index (χ1v) is 8.27. The molecule has 0 spiro atoms. The maximum atomic E-state index is 13.1. The number of carbonyl (C=O) groups is 1. The third-order valence-electron chi connectivity index (χ3n) is 4.17. The van der Waals surface area contributed by atoms with Crippen molar-refractivity contribution < 1.29 is 22.4 Å². The first kappa shape index (κ1) is 18.8. The Morgan fingerprint density at radius 3 is 2.59 bits per heavy atom. The van der Waals surface area contributed by atoms with E-state index in [1.807, 2.05) is 30.5 Å². The minimum Gasteiger partial charge on any atom is -0.361 e. The molecule has 0 bridgehead atoms. The molecule has 0 radical (unpaired) electrons. The van der Waals surface area contributed by atoms with Crippen molar-refractivity contribution in [3.63, 3.8) is 0 Å². The van der Waals surface area contributed by atoms with E-state index in [-0.39, 0.29) is 12.1 Å². The van der Waals surface area contributed by atoms with Crippen molar-refractivity contribution in [2.75, 3.05) is 6.54 Å². The van der Waals surface area contributed by atoms with Gasteiger partial charge in [0.2, 0.25) is 0 Å². The molecule has 0 aliphatic carbocycles. The van der Waals surface area contributed by atoms with Crippen LogP contribution in [-0.2, 0) is 19.1 Å². The van der Waals surface area contributed by atoms with Crippen molar-refractivity contribution in [1.82, 2.24) is 15.6 Å². The molecule has 3 rings (SSSR count). The molecule has 3 N–H and O–H groups in total. The number of benzene rings is 2. The van der Waals surface area contributed by atoms with Crippen LogP contribution in [0.4, 0.5) is 22.4 Å². The van der Waals surface area contributed by atoms with Crippen LogP contribution in [0.5, 0.6) is 0 Å².